The maximum atomic E-state index is 12.7. The first-order valence-electron chi connectivity index (χ1n) is 9.18. The summed E-state index contributed by atoms with van der Waals surface area (Å²) in [4.78, 5) is 12.7. The Kier molecular flexibility index (Phi) is 6.37. The van der Waals surface area contributed by atoms with Crippen LogP contribution in [0.5, 0.6) is 5.75 Å². The summed E-state index contributed by atoms with van der Waals surface area (Å²) < 4.78 is 7.01. The van der Waals surface area contributed by atoms with Crippen LogP contribution < -0.4 is 10.1 Å². The average molecular weight is 398 g/mol. The average Bonchev–Trinajstić information content (AvgIpc) is 2.97. The Morgan fingerprint density at radius 1 is 1.14 bits per heavy atom. The third-order valence-electron chi connectivity index (χ3n) is 4.62. The fraction of sp³-hybridized carbons (Fsp3) is 0.273. The monoisotopic (exact) mass is 397 g/mol. The van der Waals surface area contributed by atoms with Crippen molar-refractivity contribution in [2.75, 3.05) is 13.7 Å². The quantitative estimate of drug-likeness (QED) is 0.650. The Bertz CT molecular complexity index is 964. The van der Waals surface area contributed by atoms with Gasteiger partial charge < -0.3 is 10.1 Å². The first-order chi connectivity index (χ1) is 13.5. The number of carbonyl (C=O) groups excluding carboxylic acids is 1. The molecule has 3 aromatic rings. The molecule has 0 aliphatic rings. The van der Waals surface area contributed by atoms with Crippen molar-refractivity contribution in [3.8, 4) is 5.75 Å². The van der Waals surface area contributed by atoms with Crippen molar-refractivity contribution < 1.29 is 9.53 Å². The minimum Gasteiger partial charge on any atom is -0.496 e. The van der Waals surface area contributed by atoms with Gasteiger partial charge in [0.25, 0.3) is 5.91 Å². The SMILES string of the molecule is COc1ccccc1CCNC(=O)c1c(C)nn(Cc2ccc(C)cc2)c1Cl. The molecular formula is C22H24ClN3O2. The van der Waals surface area contributed by atoms with Crippen molar-refractivity contribution in [3.05, 3.63) is 81.6 Å². The molecule has 0 unspecified atom stereocenters. The molecular weight excluding hydrogens is 374 g/mol. The molecule has 0 atom stereocenters. The van der Waals surface area contributed by atoms with Gasteiger partial charge in [0.1, 0.15) is 10.9 Å². The standard InChI is InChI=1S/C22H24ClN3O2/c1-15-8-10-17(11-9-15)14-26-21(23)20(16(2)25-26)22(27)24-13-12-18-6-4-5-7-19(18)28-3/h4-11H,12-14H2,1-3H3,(H,24,27). The van der Waals surface area contributed by atoms with Gasteiger partial charge in [-0.25, -0.2) is 4.68 Å². The highest BCUT2D eigenvalue weighted by molar-refractivity contribution is 6.33. The van der Waals surface area contributed by atoms with Gasteiger partial charge in [-0.2, -0.15) is 5.10 Å². The summed E-state index contributed by atoms with van der Waals surface area (Å²) in [5.41, 5.74) is 4.36. The number of nitrogens with zero attached hydrogens (tertiary/aromatic N) is 2. The van der Waals surface area contributed by atoms with Crippen LogP contribution in [0.3, 0.4) is 0 Å². The van der Waals surface area contributed by atoms with Gasteiger partial charge in [-0.05, 0) is 37.5 Å². The number of para-hydroxylation sites is 1. The van der Waals surface area contributed by atoms with E-state index in [-0.39, 0.29) is 5.91 Å². The van der Waals surface area contributed by atoms with Crippen LogP contribution in [0.15, 0.2) is 48.5 Å². The Balaban J connectivity index is 1.66. The van der Waals surface area contributed by atoms with E-state index < -0.39 is 0 Å². The molecule has 28 heavy (non-hydrogen) atoms. The van der Waals surface area contributed by atoms with Crippen molar-refractivity contribution in [2.24, 2.45) is 0 Å². The van der Waals surface area contributed by atoms with E-state index in [4.69, 9.17) is 16.3 Å². The molecule has 6 heteroatoms. The molecule has 0 aliphatic carbocycles. The largest absolute Gasteiger partial charge is 0.496 e. The summed E-state index contributed by atoms with van der Waals surface area (Å²) in [5, 5.41) is 7.73. The number of carbonyl (C=O) groups is 1. The number of aromatic nitrogens is 2. The summed E-state index contributed by atoms with van der Waals surface area (Å²) in [6.45, 7) is 4.85. The van der Waals surface area contributed by atoms with E-state index in [9.17, 15) is 4.79 Å². The van der Waals surface area contributed by atoms with Crippen molar-refractivity contribution in [1.29, 1.82) is 0 Å². The van der Waals surface area contributed by atoms with Crippen molar-refractivity contribution in [2.45, 2.75) is 26.8 Å². The van der Waals surface area contributed by atoms with Crippen LogP contribution in [0.25, 0.3) is 0 Å². The number of halogens is 1. The number of aryl methyl sites for hydroxylation is 2. The lowest BCUT2D eigenvalue weighted by molar-refractivity contribution is 0.0953. The minimum atomic E-state index is -0.215. The molecule has 0 bridgehead atoms. The second-order valence-electron chi connectivity index (χ2n) is 6.71. The van der Waals surface area contributed by atoms with E-state index in [0.29, 0.717) is 35.9 Å². The Labute approximate surface area is 170 Å². The van der Waals surface area contributed by atoms with Crippen LogP contribution in [0, 0.1) is 13.8 Å². The van der Waals surface area contributed by atoms with Gasteiger partial charge in [-0.15, -0.1) is 0 Å². The molecule has 1 heterocycles. The lowest BCUT2D eigenvalue weighted by Gasteiger charge is -2.09. The predicted octanol–water partition coefficient (Wildman–Crippen LogP) is 4.18. The molecule has 0 fully saturated rings. The third kappa shape index (κ3) is 4.54. The highest BCUT2D eigenvalue weighted by Crippen LogP contribution is 2.21. The molecule has 1 aromatic heterocycles. The zero-order chi connectivity index (χ0) is 20.1. The second kappa shape index (κ2) is 8.93. The molecule has 0 saturated heterocycles. The Hall–Kier alpha value is -2.79. The lowest BCUT2D eigenvalue weighted by atomic mass is 10.1. The van der Waals surface area contributed by atoms with Crippen molar-refractivity contribution >= 4 is 17.5 Å². The number of methoxy groups -OCH3 is 1. The first-order valence-corrected chi connectivity index (χ1v) is 9.56. The van der Waals surface area contributed by atoms with E-state index in [1.807, 2.05) is 55.5 Å². The number of amides is 1. The van der Waals surface area contributed by atoms with Crippen LogP contribution in [0.2, 0.25) is 5.15 Å². The van der Waals surface area contributed by atoms with Gasteiger partial charge in [0.05, 0.1) is 24.9 Å². The molecule has 5 nitrogen and oxygen atoms in total. The summed E-state index contributed by atoms with van der Waals surface area (Å²) in [5.74, 6) is 0.601. The van der Waals surface area contributed by atoms with Gasteiger partial charge in [0.15, 0.2) is 0 Å². The summed E-state index contributed by atoms with van der Waals surface area (Å²) in [7, 11) is 1.64. The van der Waals surface area contributed by atoms with Crippen LogP contribution in [-0.4, -0.2) is 29.3 Å². The highest BCUT2D eigenvalue weighted by atomic mass is 35.5. The topological polar surface area (TPSA) is 56.1 Å². The fourth-order valence-electron chi connectivity index (χ4n) is 3.09. The number of rotatable bonds is 7. The van der Waals surface area contributed by atoms with Gasteiger partial charge >= 0.3 is 0 Å². The van der Waals surface area contributed by atoms with Crippen molar-refractivity contribution in [1.82, 2.24) is 15.1 Å². The number of nitrogens with one attached hydrogen (secondary N) is 1. The lowest BCUT2D eigenvalue weighted by Crippen LogP contribution is -2.26. The fourth-order valence-corrected chi connectivity index (χ4v) is 3.41. The Morgan fingerprint density at radius 2 is 1.86 bits per heavy atom. The number of hydrogen-bond acceptors (Lipinski definition) is 3. The van der Waals surface area contributed by atoms with E-state index in [2.05, 4.69) is 10.4 Å². The molecule has 0 saturated carbocycles. The third-order valence-corrected chi connectivity index (χ3v) is 5.00. The molecule has 0 aliphatic heterocycles. The van der Waals surface area contributed by atoms with E-state index in [0.717, 1.165) is 16.9 Å². The van der Waals surface area contributed by atoms with Gasteiger partial charge in [-0.3, -0.25) is 4.79 Å². The highest BCUT2D eigenvalue weighted by Gasteiger charge is 2.20. The molecule has 0 spiro atoms. The van der Waals surface area contributed by atoms with Crippen LogP contribution in [-0.2, 0) is 13.0 Å². The molecule has 3 rings (SSSR count). The second-order valence-corrected chi connectivity index (χ2v) is 7.07. The summed E-state index contributed by atoms with van der Waals surface area (Å²) >= 11 is 6.47. The minimum absolute atomic E-state index is 0.215. The zero-order valence-corrected chi connectivity index (χ0v) is 17.1. The van der Waals surface area contributed by atoms with Crippen LogP contribution in [0.1, 0.15) is 32.7 Å². The number of benzene rings is 2. The maximum absolute atomic E-state index is 12.7. The molecule has 2 aromatic carbocycles. The Morgan fingerprint density at radius 3 is 2.57 bits per heavy atom. The van der Waals surface area contributed by atoms with E-state index in [1.54, 1.807) is 18.7 Å². The normalized spacial score (nSPS) is 10.7. The van der Waals surface area contributed by atoms with Crippen molar-refractivity contribution in [3.63, 3.8) is 0 Å². The number of hydrogen-bond donors (Lipinski definition) is 1. The van der Waals surface area contributed by atoms with Crippen LogP contribution in [0.4, 0.5) is 0 Å². The van der Waals surface area contributed by atoms with E-state index >= 15 is 0 Å². The zero-order valence-electron chi connectivity index (χ0n) is 16.3. The van der Waals surface area contributed by atoms with Gasteiger partial charge in [0.2, 0.25) is 0 Å². The van der Waals surface area contributed by atoms with Gasteiger partial charge in [-0.1, -0.05) is 59.6 Å². The maximum Gasteiger partial charge on any atom is 0.256 e. The molecule has 0 radical (unpaired) electrons. The molecule has 146 valence electrons. The van der Waals surface area contributed by atoms with Gasteiger partial charge in [0, 0.05) is 6.54 Å². The summed E-state index contributed by atoms with van der Waals surface area (Å²) in [6, 6.07) is 15.9. The molecule has 1 amide bonds. The summed E-state index contributed by atoms with van der Waals surface area (Å²) in [6.07, 6.45) is 0.671. The first kappa shape index (κ1) is 20.0. The van der Waals surface area contributed by atoms with E-state index in [1.165, 1.54) is 5.56 Å². The van der Waals surface area contributed by atoms with Crippen LogP contribution >= 0.6 is 11.6 Å². The predicted molar refractivity (Wildman–Crippen MR) is 111 cm³/mol. The molecule has 1 N–H and O–H groups in total. The number of ether oxygens (including phenoxy) is 1. The smallest absolute Gasteiger partial charge is 0.256 e.